The first kappa shape index (κ1) is 22.8. The van der Waals surface area contributed by atoms with Crippen LogP contribution in [0.2, 0.25) is 0 Å². The van der Waals surface area contributed by atoms with Crippen LogP contribution in [0.3, 0.4) is 0 Å². The van der Waals surface area contributed by atoms with Crippen molar-refractivity contribution in [3.05, 3.63) is 70.1 Å². The molecule has 0 saturated heterocycles. The number of sulfonamides is 1. The van der Waals surface area contributed by atoms with Gasteiger partial charge >= 0.3 is 0 Å². The minimum atomic E-state index is -3.57. The molecule has 1 aliphatic rings. The summed E-state index contributed by atoms with van der Waals surface area (Å²) < 4.78 is 68.4. The minimum Gasteiger partial charge on any atom is -0.493 e. The molecule has 0 bridgehead atoms. The molecule has 10 heteroatoms. The third-order valence-electron chi connectivity index (χ3n) is 5.26. The van der Waals surface area contributed by atoms with Crippen LogP contribution in [0.1, 0.15) is 18.9 Å². The van der Waals surface area contributed by atoms with Crippen LogP contribution in [0.4, 0.5) is 14.5 Å². The lowest BCUT2D eigenvalue weighted by Gasteiger charge is -2.18. The fourth-order valence-electron chi connectivity index (χ4n) is 3.55. The summed E-state index contributed by atoms with van der Waals surface area (Å²) in [4.78, 5) is 12.2. The molecular weight excluding hydrogens is 454 g/mol. The van der Waals surface area contributed by atoms with E-state index in [1.807, 2.05) is 0 Å². The first-order valence-corrected chi connectivity index (χ1v) is 12.0. The highest BCUT2D eigenvalue weighted by Gasteiger charge is 2.21. The molecule has 4 rings (SSSR count). The van der Waals surface area contributed by atoms with Crippen molar-refractivity contribution >= 4 is 15.7 Å². The number of ether oxygens (including phenoxy) is 2. The lowest BCUT2D eigenvalue weighted by Crippen LogP contribution is -2.16. The fourth-order valence-corrected chi connectivity index (χ4v) is 4.18. The van der Waals surface area contributed by atoms with Gasteiger partial charge in [-0.1, -0.05) is 0 Å². The Balaban J connectivity index is 1.95. The second kappa shape index (κ2) is 8.86. The van der Waals surface area contributed by atoms with E-state index in [0.29, 0.717) is 23.1 Å². The highest BCUT2D eigenvalue weighted by molar-refractivity contribution is 7.92. The average molecular weight is 477 g/mol. The smallest absolute Gasteiger partial charge is 0.254 e. The van der Waals surface area contributed by atoms with Gasteiger partial charge in [0.05, 0.1) is 12.4 Å². The summed E-state index contributed by atoms with van der Waals surface area (Å²) in [7, 11) is -2.00. The van der Waals surface area contributed by atoms with Crippen molar-refractivity contribution in [2.45, 2.75) is 19.8 Å². The summed E-state index contributed by atoms with van der Waals surface area (Å²) in [6.07, 6.45) is 2.25. The predicted molar refractivity (Wildman–Crippen MR) is 120 cm³/mol. The molecule has 174 valence electrons. The van der Waals surface area contributed by atoms with Gasteiger partial charge in [-0.3, -0.25) is 9.52 Å². The Hall–Kier alpha value is -3.40. The molecule has 0 unspecified atom stereocenters. The van der Waals surface area contributed by atoms with E-state index >= 15 is 0 Å². The van der Waals surface area contributed by atoms with Crippen molar-refractivity contribution in [3.63, 3.8) is 0 Å². The molecule has 2 heterocycles. The third kappa shape index (κ3) is 4.85. The molecule has 7 nitrogen and oxygen atoms in total. The molecule has 1 aliphatic heterocycles. The number of aromatic nitrogens is 1. The number of hydrogen-bond donors (Lipinski definition) is 1. The molecule has 33 heavy (non-hydrogen) atoms. The SMILES string of the molecule is CCS(=O)(=O)Nc1ccc2c(c1)-c1cn(C)c(=O)cc1OCCCc1cc(F)cc(F)c1O2. The van der Waals surface area contributed by atoms with E-state index in [2.05, 4.69) is 4.72 Å². The fraction of sp³-hybridized carbons (Fsp3) is 0.261. The first-order chi connectivity index (χ1) is 15.7. The lowest BCUT2D eigenvalue weighted by atomic mass is 10.0. The maximum absolute atomic E-state index is 14.7. The number of nitrogens with one attached hydrogen (secondary N) is 1. The van der Waals surface area contributed by atoms with Crippen molar-refractivity contribution < 1.29 is 26.7 Å². The maximum atomic E-state index is 14.7. The summed E-state index contributed by atoms with van der Waals surface area (Å²) in [6, 6.07) is 7.78. The van der Waals surface area contributed by atoms with Crippen molar-refractivity contribution in [3.8, 4) is 28.4 Å². The number of aryl methyl sites for hydroxylation is 2. The van der Waals surface area contributed by atoms with Crippen molar-refractivity contribution in [2.24, 2.45) is 7.05 Å². The zero-order valence-corrected chi connectivity index (χ0v) is 18.8. The number of fused-ring (bicyclic) bond motifs is 4. The average Bonchev–Trinajstić information content (AvgIpc) is 2.78. The van der Waals surface area contributed by atoms with Crippen LogP contribution < -0.4 is 19.8 Å². The lowest BCUT2D eigenvalue weighted by molar-refractivity contribution is 0.311. The van der Waals surface area contributed by atoms with E-state index in [9.17, 15) is 22.0 Å². The highest BCUT2D eigenvalue weighted by Crippen LogP contribution is 2.41. The Morgan fingerprint density at radius 1 is 1.09 bits per heavy atom. The van der Waals surface area contributed by atoms with Crippen molar-refractivity contribution in [2.75, 3.05) is 17.1 Å². The maximum Gasteiger partial charge on any atom is 0.254 e. The predicted octanol–water partition coefficient (Wildman–Crippen LogP) is 4.21. The van der Waals surface area contributed by atoms with Gasteiger partial charge in [0.25, 0.3) is 5.56 Å². The van der Waals surface area contributed by atoms with E-state index in [4.69, 9.17) is 9.47 Å². The van der Waals surface area contributed by atoms with E-state index < -0.39 is 21.7 Å². The first-order valence-electron chi connectivity index (χ1n) is 10.3. The highest BCUT2D eigenvalue weighted by atomic mass is 32.2. The Morgan fingerprint density at radius 3 is 2.64 bits per heavy atom. The Labute approximate surface area is 189 Å². The topological polar surface area (TPSA) is 86.6 Å². The van der Waals surface area contributed by atoms with E-state index in [1.165, 1.54) is 48.0 Å². The molecule has 3 aromatic rings. The van der Waals surface area contributed by atoms with Gasteiger partial charge in [-0.2, -0.15) is 0 Å². The summed E-state index contributed by atoms with van der Waals surface area (Å²) in [6.45, 7) is 1.70. The largest absolute Gasteiger partial charge is 0.493 e. The van der Waals surface area contributed by atoms with Gasteiger partial charge in [-0.25, -0.2) is 17.2 Å². The van der Waals surface area contributed by atoms with E-state index in [-0.39, 0.29) is 47.3 Å². The van der Waals surface area contributed by atoms with Gasteiger partial charge in [0.15, 0.2) is 11.6 Å². The summed E-state index contributed by atoms with van der Waals surface area (Å²) in [5.41, 5.74) is 1.11. The van der Waals surface area contributed by atoms with Gasteiger partial charge in [0, 0.05) is 47.8 Å². The zero-order chi connectivity index (χ0) is 23.8. The van der Waals surface area contributed by atoms with Crippen LogP contribution in [-0.2, 0) is 23.5 Å². The molecular formula is C23H22F2N2O5S. The quantitative estimate of drug-likeness (QED) is 0.612. The van der Waals surface area contributed by atoms with Crippen LogP contribution in [0.5, 0.6) is 17.2 Å². The number of pyridine rings is 1. The van der Waals surface area contributed by atoms with E-state index in [0.717, 1.165) is 6.07 Å². The third-order valence-corrected chi connectivity index (χ3v) is 6.57. The molecule has 0 spiro atoms. The molecule has 0 fully saturated rings. The van der Waals surface area contributed by atoms with Crippen LogP contribution in [-0.4, -0.2) is 25.3 Å². The normalized spacial score (nSPS) is 13.5. The van der Waals surface area contributed by atoms with Crippen LogP contribution in [0, 0.1) is 11.6 Å². The summed E-state index contributed by atoms with van der Waals surface area (Å²) in [5.74, 6) is -1.36. The van der Waals surface area contributed by atoms with Gasteiger partial charge < -0.3 is 14.0 Å². The number of benzene rings is 2. The van der Waals surface area contributed by atoms with Gasteiger partial charge in [0.2, 0.25) is 10.0 Å². The molecule has 1 aromatic heterocycles. The molecule has 0 amide bonds. The second-order valence-electron chi connectivity index (χ2n) is 7.65. The van der Waals surface area contributed by atoms with Crippen molar-refractivity contribution in [1.82, 2.24) is 4.57 Å². The van der Waals surface area contributed by atoms with Gasteiger partial charge in [-0.15, -0.1) is 0 Å². The van der Waals surface area contributed by atoms with Crippen LogP contribution in [0.25, 0.3) is 11.1 Å². The second-order valence-corrected chi connectivity index (χ2v) is 9.66. The van der Waals surface area contributed by atoms with Crippen LogP contribution in [0.15, 0.2) is 47.4 Å². The number of halogens is 2. The molecule has 0 saturated carbocycles. The zero-order valence-electron chi connectivity index (χ0n) is 18.0. The Morgan fingerprint density at radius 2 is 1.88 bits per heavy atom. The monoisotopic (exact) mass is 476 g/mol. The molecule has 2 aromatic carbocycles. The summed E-state index contributed by atoms with van der Waals surface area (Å²) in [5, 5.41) is 0. The minimum absolute atomic E-state index is 0.118. The molecule has 1 N–H and O–H groups in total. The number of hydrogen-bond acceptors (Lipinski definition) is 5. The van der Waals surface area contributed by atoms with Gasteiger partial charge in [-0.05, 0) is 44.0 Å². The molecule has 0 aliphatic carbocycles. The number of anilines is 1. The summed E-state index contributed by atoms with van der Waals surface area (Å²) >= 11 is 0. The number of rotatable bonds is 3. The van der Waals surface area contributed by atoms with Gasteiger partial charge in [0.1, 0.15) is 17.3 Å². The standard InChI is InChI=1S/C23H22F2N2O5S/c1-3-33(29,30)26-16-6-7-20-17(11-16)18-13-27(2)22(28)12-21(18)31-8-4-5-14-9-15(24)10-19(25)23(14)32-20/h6-7,9-13,26H,3-5,8H2,1-2H3. The van der Waals surface area contributed by atoms with Crippen molar-refractivity contribution in [1.29, 1.82) is 0 Å². The number of nitrogens with zero attached hydrogens (tertiary/aromatic N) is 1. The molecule has 0 radical (unpaired) electrons. The Bertz CT molecular complexity index is 1390. The van der Waals surface area contributed by atoms with Crippen LogP contribution >= 0.6 is 0 Å². The van der Waals surface area contributed by atoms with E-state index in [1.54, 1.807) is 7.05 Å². The Kier molecular flexibility index (Phi) is 6.11. The molecule has 0 atom stereocenters.